The van der Waals surface area contributed by atoms with Crippen molar-refractivity contribution in [1.82, 2.24) is 0 Å². The van der Waals surface area contributed by atoms with Crippen LogP contribution in [0, 0.1) is 0 Å². The van der Waals surface area contributed by atoms with Gasteiger partial charge in [-0.05, 0) is 11.1 Å². The number of morpholine rings is 1. The van der Waals surface area contributed by atoms with Crippen LogP contribution in [0.1, 0.15) is 15.9 Å². The molecule has 1 atom stereocenters. The lowest BCUT2D eigenvalue weighted by Gasteiger charge is -2.42. The molecule has 0 aromatic heterocycles. The van der Waals surface area contributed by atoms with Gasteiger partial charge in [-0.1, -0.05) is 48.5 Å². The van der Waals surface area contributed by atoms with E-state index in [4.69, 9.17) is 14.5 Å². The third-order valence-electron chi connectivity index (χ3n) is 6.08. The minimum atomic E-state index is -4.52. The lowest BCUT2D eigenvalue weighted by atomic mass is 9.97. The highest BCUT2D eigenvalue weighted by molar-refractivity contribution is 7.46. The number of hydrogen-bond donors (Lipinski definition) is 3. The molecule has 0 unspecified atom stereocenters. The highest BCUT2D eigenvalue weighted by Gasteiger charge is 2.42. The van der Waals surface area contributed by atoms with Gasteiger partial charge in [0.15, 0.2) is 0 Å². The van der Waals surface area contributed by atoms with Crippen LogP contribution in [0.5, 0.6) is 0 Å². The maximum Gasteiger partial charge on any atom is 0.469 e. The maximum absolute atomic E-state index is 12.7. The molecule has 0 spiro atoms. The molecular formula is C24H35N2O7P+2. The molecule has 3 rings (SSSR count). The third kappa shape index (κ3) is 7.28. The van der Waals surface area contributed by atoms with E-state index in [2.05, 4.69) is 18.6 Å². The molecule has 2 aromatic carbocycles. The first-order valence-corrected chi connectivity index (χ1v) is 12.7. The van der Waals surface area contributed by atoms with Gasteiger partial charge in [0.05, 0.1) is 34.8 Å². The number of quaternary nitrogens is 2. The van der Waals surface area contributed by atoms with E-state index in [1.165, 1.54) is 0 Å². The summed E-state index contributed by atoms with van der Waals surface area (Å²) in [4.78, 5) is 30.3. The first kappa shape index (κ1) is 26.7. The normalized spacial score (nSPS) is 20.8. The van der Waals surface area contributed by atoms with Crippen molar-refractivity contribution in [2.45, 2.75) is 5.79 Å². The predicted molar refractivity (Wildman–Crippen MR) is 128 cm³/mol. The van der Waals surface area contributed by atoms with E-state index >= 15 is 0 Å². The third-order valence-corrected chi connectivity index (χ3v) is 6.60. The van der Waals surface area contributed by atoms with Crippen LogP contribution in [0.15, 0.2) is 48.5 Å². The van der Waals surface area contributed by atoms with Crippen LogP contribution >= 0.6 is 7.82 Å². The number of carbonyl (C=O) groups excluding carboxylic acids is 1. The van der Waals surface area contributed by atoms with Gasteiger partial charge >= 0.3 is 7.82 Å². The van der Waals surface area contributed by atoms with Crippen molar-refractivity contribution >= 4 is 13.6 Å². The van der Waals surface area contributed by atoms with Gasteiger partial charge in [0, 0.05) is 11.1 Å². The summed E-state index contributed by atoms with van der Waals surface area (Å²) >= 11 is 0. The zero-order valence-electron chi connectivity index (χ0n) is 20.2. The zero-order chi connectivity index (χ0) is 25.2. The fourth-order valence-corrected chi connectivity index (χ4v) is 4.40. The van der Waals surface area contributed by atoms with E-state index in [-0.39, 0.29) is 30.0 Å². The fourth-order valence-electron chi connectivity index (χ4n) is 4.08. The molecule has 0 amide bonds. The first-order valence-electron chi connectivity index (χ1n) is 11.1. The van der Waals surface area contributed by atoms with Crippen molar-refractivity contribution in [2.75, 3.05) is 67.6 Å². The van der Waals surface area contributed by atoms with Crippen LogP contribution in [0.3, 0.4) is 0 Å². The molecule has 2 aromatic rings. The summed E-state index contributed by atoms with van der Waals surface area (Å²) in [6.45, 7) is 2.13. The van der Waals surface area contributed by atoms with Gasteiger partial charge in [-0.15, -0.1) is 0 Å². The zero-order valence-corrected chi connectivity index (χ0v) is 21.1. The van der Waals surface area contributed by atoms with Crippen molar-refractivity contribution in [3.63, 3.8) is 0 Å². The number of Topliss-reactive ketones (excluding diaryl/α,β-unsaturated/α-hetero) is 1. The van der Waals surface area contributed by atoms with Crippen LogP contribution in [0.4, 0.5) is 0 Å². The Morgan fingerprint density at radius 1 is 1.09 bits per heavy atom. The molecule has 1 heterocycles. The Labute approximate surface area is 200 Å². The smallest absolute Gasteiger partial charge is 0.357 e. The topological polar surface area (TPSA) is 113 Å². The number of benzene rings is 2. The molecule has 0 aliphatic carbocycles. The quantitative estimate of drug-likeness (QED) is 0.278. The molecular weight excluding hydrogens is 459 g/mol. The van der Waals surface area contributed by atoms with Gasteiger partial charge < -0.3 is 28.6 Å². The predicted octanol–water partition coefficient (Wildman–Crippen LogP) is 1.97. The number of phosphoric ester groups is 1. The summed E-state index contributed by atoms with van der Waals surface area (Å²) < 4.78 is 22.0. The van der Waals surface area contributed by atoms with E-state index in [1.54, 1.807) is 26.2 Å². The Bertz CT molecular complexity index is 1050. The molecule has 186 valence electrons. The fraction of sp³-hybridized carbons (Fsp3) is 0.458. The first-order chi connectivity index (χ1) is 15.7. The lowest BCUT2D eigenvalue weighted by Crippen LogP contribution is -2.57. The van der Waals surface area contributed by atoms with Crippen molar-refractivity contribution in [1.29, 1.82) is 0 Å². The van der Waals surface area contributed by atoms with E-state index in [0.717, 1.165) is 23.2 Å². The average Bonchev–Trinajstić information content (AvgIpc) is 2.71. The van der Waals surface area contributed by atoms with E-state index in [0.29, 0.717) is 23.2 Å². The number of phosphoric acid groups is 1. The number of aliphatic hydroxyl groups is 1. The van der Waals surface area contributed by atoms with E-state index in [9.17, 15) is 14.5 Å². The van der Waals surface area contributed by atoms with Crippen molar-refractivity contribution in [3.8, 4) is 11.1 Å². The molecule has 0 saturated carbocycles. The second-order valence-corrected chi connectivity index (χ2v) is 11.4. The standard InChI is InChI=1S/C24H33N2O7P/c1-25(2,14-16-33-34(29,30)31)17-23(27)21-7-5-19(6-8-21)20-9-11-22(12-10-20)24(28)18-26(3,4)13-15-32-24/h5-12,28H,13-18H2,1-4H3/p+2/t24-/m1/s1. The summed E-state index contributed by atoms with van der Waals surface area (Å²) in [6, 6.07) is 14.9. The Kier molecular flexibility index (Phi) is 7.82. The molecule has 1 fully saturated rings. The highest BCUT2D eigenvalue weighted by atomic mass is 31.2. The molecule has 0 radical (unpaired) electrons. The summed E-state index contributed by atoms with van der Waals surface area (Å²) in [5, 5.41) is 11.0. The number of ether oxygens (including phenoxy) is 1. The molecule has 9 nitrogen and oxygen atoms in total. The van der Waals surface area contributed by atoms with Crippen molar-refractivity contribution in [3.05, 3.63) is 59.7 Å². The number of nitrogens with zero attached hydrogens (tertiary/aromatic N) is 2. The van der Waals surface area contributed by atoms with Crippen LogP contribution in [0.25, 0.3) is 11.1 Å². The van der Waals surface area contributed by atoms with Crippen LogP contribution in [-0.2, 0) is 19.6 Å². The minimum Gasteiger partial charge on any atom is -0.357 e. The summed E-state index contributed by atoms with van der Waals surface area (Å²) in [6.07, 6.45) is 0. The van der Waals surface area contributed by atoms with Gasteiger partial charge in [-0.3, -0.25) is 9.32 Å². The Balaban J connectivity index is 1.64. The molecule has 1 aliphatic heterocycles. The summed E-state index contributed by atoms with van der Waals surface area (Å²) in [7, 11) is 3.24. The van der Waals surface area contributed by atoms with Gasteiger partial charge in [0.25, 0.3) is 0 Å². The monoisotopic (exact) mass is 494 g/mol. The summed E-state index contributed by atoms with van der Waals surface area (Å²) in [5.74, 6) is -1.38. The van der Waals surface area contributed by atoms with Crippen LogP contribution in [-0.4, -0.2) is 97.2 Å². The molecule has 1 saturated heterocycles. The van der Waals surface area contributed by atoms with Gasteiger partial charge in [-0.2, -0.15) is 0 Å². The molecule has 3 N–H and O–H groups in total. The maximum atomic E-state index is 12.7. The van der Waals surface area contributed by atoms with Gasteiger partial charge in [0.1, 0.15) is 32.8 Å². The Hall–Kier alpha value is -1.94. The lowest BCUT2D eigenvalue weighted by molar-refractivity contribution is -0.912. The largest absolute Gasteiger partial charge is 0.469 e. The second-order valence-electron chi connectivity index (χ2n) is 10.2. The number of hydrogen-bond acceptors (Lipinski definition) is 5. The number of likely N-dealkylation sites (N-methyl/N-ethyl adjacent to an activating group) is 2. The Morgan fingerprint density at radius 2 is 1.65 bits per heavy atom. The number of ketones is 1. The molecule has 34 heavy (non-hydrogen) atoms. The van der Waals surface area contributed by atoms with Gasteiger partial charge in [0.2, 0.25) is 11.6 Å². The molecule has 0 bridgehead atoms. The molecule has 10 heteroatoms. The van der Waals surface area contributed by atoms with Crippen LogP contribution in [0.2, 0.25) is 0 Å². The van der Waals surface area contributed by atoms with Crippen LogP contribution < -0.4 is 0 Å². The number of carbonyl (C=O) groups is 1. The highest BCUT2D eigenvalue weighted by Crippen LogP contribution is 2.35. The minimum absolute atomic E-state index is 0.0690. The van der Waals surface area contributed by atoms with Gasteiger partial charge in [-0.25, -0.2) is 4.57 Å². The van der Waals surface area contributed by atoms with E-state index < -0.39 is 13.6 Å². The SMILES string of the molecule is C[N+](C)(CCOP(=O)(O)O)CC(=O)c1ccc(-c2ccc([C@@]3(O)C[N+](C)(C)CCO3)cc2)cc1. The van der Waals surface area contributed by atoms with E-state index in [1.807, 2.05) is 36.4 Å². The molecule has 1 aliphatic rings. The average molecular weight is 495 g/mol. The number of rotatable bonds is 9. The second kappa shape index (κ2) is 9.97. The van der Waals surface area contributed by atoms with Crippen molar-refractivity contribution < 1.29 is 42.5 Å². The summed E-state index contributed by atoms with van der Waals surface area (Å²) in [5.41, 5.74) is 3.19. The Morgan fingerprint density at radius 3 is 2.18 bits per heavy atom. The van der Waals surface area contributed by atoms with Crippen molar-refractivity contribution in [2.24, 2.45) is 0 Å².